The van der Waals surface area contributed by atoms with Crippen molar-refractivity contribution >= 4 is 29.1 Å². The molecule has 0 aliphatic carbocycles. The molecule has 0 aliphatic heterocycles. The highest BCUT2D eigenvalue weighted by atomic mass is 32.1. The Bertz CT molecular complexity index is 632. The number of thiophene rings is 1. The average molecular weight is 301 g/mol. The summed E-state index contributed by atoms with van der Waals surface area (Å²) in [5.74, 6) is -0.925. The lowest BCUT2D eigenvalue weighted by atomic mass is 10.1. The average Bonchev–Trinajstić information content (AvgIpc) is 2.96. The predicted molar refractivity (Wildman–Crippen MR) is 88.9 cm³/mol. The monoisotopic (exact) mass is 301 g/mol. The zero-order valence-corrected chi connectivity index (χ0v) is 13.1. The van der Waals surface area contributed by atoms with E-state index in [4.69, 9.17) is 5.11 Å². The van der Waals surface area contributed by atoms with Crippen LogP contribution in [-0.2, 0) is 11.3 Å². The van der Waals surface area contributed by atoms with Gasteiger partial charge in [-0.1, -0.05) is 12.1 Å². The van der Waals surface area contributed by atoms with Crippen molar-refractivity contribution in [2.75, 3.05) is 11.4 Å². The minimum absolute atomic E-state index is 0.901. The Kier molecular flexibility index (Phi) is 5.17. The van der Waals surface area contributed by atoms with Gasteiger partial charge in [-0.15, -0.1) is 11.3 Å². The zero-order chi connectivity index (χ0) is 15.2. The first-order valence-electron chi connectivity index (χ1n) is 6.89. The Morgan fingerprint density at radius 1 is 1.38 bits per heavy atom. The van der Waals surface area contributed by atoms with E-state index in [1.54, 1.807) is 17.4 Å². The maximum absolute atomic E-state index is 10.6. The normalized spacial score (nSPS) is 11.0. The summed E-state index contributed by atoms with van der Waals surface area (Å²) < 4.78 is 0. The largest absolute Gasteiger partial charge is 0.478 e. The fraction of sp³-hybridized carbons (Fsp3) is 0.235. The third-order valence-electron chi connectivity index (χ3n) is 3.33. The summed E-state index contributed by atoms with van der Waals surface area (Å²) in [5.41, 5.74) is 3.18. The lowest BCUT2D eigenvalue weighted by Gasteiger charge is -2.23. The number of nitrogens with zero attached hydrogens (tertiary/aromatic N) is 1. The Balaban J connectivity index is 2.19. The Morgan fingerprint density at radius 2 is 2.19 bits per heavy atom. The highest BCUT2D eigenvalue weighted by Crippen LogP contribution is 2.23. The van der Waals surface area contributed by atoms with Crippen LogP contribution in [0.4, 0.5) is 5.69 Å². The molecule has 0 spiro atoms. The molecule has 0 bridgehead atoms. The van der Waals surface area contributed by atoms with Gasteiger partial charge < -0.3 is 10.0 Å². The van der Waals surface area contributed by atoms with Gasteiger partial charge >= 0.3 is 5.97 Å². The van der Waals surface area contributed by atoms with Crippen molar-refractivity contribution in [2.45, 2.75) is 20.4 Å². The maximum atomic E-state index is 10.6. The van der Waals surface area contributed by atoms with E-state index in [2.05, 4.69) is 35.4 Å². The third-order valence-corrected chi connectivity index (χ3v) is 4.19. The van der Waals surface area contributed by atoms with E-state index in [9.17, 15) is 4.79 Å². The molecule has 0 atom stereocenters. The smallest absolute Gasteiger partial charge is 0.328 e. The predicted octanol–water partition coefficient (Wildman–Crippen LogP) is 4.18. The highest BCUT2D eigenvalue weighted by Gasteiger charge is 2.07. The first-order chi connectivity index (χ1) is 10.1. The summed E-state index contributed by atoms with van der Waals surface area (Å²) in [5, 5.41) is 10.8. The molecule has 1 heterocycles. The first-order valence-corrected chi connectivity index (χ1v) is 7.77. The summed E-state index contributed by atoms with van der Waals surface area (Å²) in [6.45, 7) is 5.98. The molecule has 0 fully saturated rings. The van der Waals surface area contributed by atoms with Gasteiger partial charge in [0.25, 0.3) is 0 Å². The molecule has 0 aliphatic rings. The molecule has 3 nitrogen and oxygen atoms in total. The minimum atomic E-state index is -0.925. The number of aliphatic carboxylic acids is 1. The van der Waals surface area contributed by atoms with Crippen LogP contribution >= 0.6 is 11.3 Å². The van der Waals surface area contributed by atoms with E-state index in [-0.39, 0.29) is 0 Å². The van der Waals surface area contributed by atoms with E-state index in [1.165, 1.54) is 11.0 Å². The molecule has 0 saturated heterocycles. The quantitative estimate of drug-likeness (QED) is 0.814. The molecule has 1 aromatic heterocycles. The van der Waals surface area contributed by atoms with E-state index in [1.807, 2.05) is 19.1 Å². The fourth-order valence-electron chi connectivity index (χ4n) is 2.18. The van der Waals surface area contributed by atoms with Crippen molar-refractivity contribution in [1.82, 2.24) is 0 Å². The molecule has 0 amide bonds. The molecule has 0 unspecified atom stereocenters. The van der Waals surface area contributed by atoms with Gasteiger partial charge in [0.05, 0.1) is 6.54 Å². The number of benzene rings is 1. The highest BCUT2D eigenvalue weighted by molar-refractivity contribution is 7.09. The second-order valence-electron chi connectivity index (χ2n) is 4.81. The molecule has 2 aromatic rings. The minimum Gasteiger partial charge on any atom is -0.478 e. The van der Waals surface area contributed by atoms with E-state index < -0.39 is 5.97 Å². The van der Waals surface area contributed by atoms with E-state index >= 15 is 0 Å². The van der Waals surface area contributed by atoms with Gasteiger partial charge in [-0.2, -0.15) is 0 Å². The second kappa shape index (κ2) is 7.09. The van der Waals surface area contributed by atoms with Crippen molar-refractivity contribution in [2.24, 2.45) is 0 Å². The van der Waals surface area contributed by atoms with Crippen LogP contribution < -0.4 is 4.90 Å². The molecule has 1 N–H and O–H groups in total. The fourth-order valence-corrected chi connectivity index (χ4v) is 2.90. The Hall–Kier alpha value is -2.07. The van der Waals surface area contributed by atoms with Gasteiger partial charge in [0.2, 0.25) is 0 Å². The molecule has 4 heteroatoms. The number of anilines is 1. The van der Waals surface area contributed by atoms with Crippen molar-refractivity contribution in [1.29, 1.82) is 0 Å². The van der Waals surface area contributed by atoms with Crippen LogP contribution in [0.25, 0.3) is 6.08 Å². The molecule has 0 saturated carbocycles. The maximum Gasteiger partial charge on any atom is 0.328 e. The number of hydrogen-bond acceptors (Lipinski definition) is 3. The number of carboxylic acids is 1. The van der Waals surface area contributed by atoms with Crippen LogP contribution in [-0.4, -0.2) is 17.6 Å². The molecule has 110 valence electrons. The van der Waals surface area contributed by atoms with Crippen molar-refractivity contribution in [3.05, 3.63) is 57.8 Å². The molecular weight excluding hydrogens is 282 g/mol. The lowest BCUT2D eigenvalue weighted by Crippen LogP contribution is -2.21. The van der Waals surface area contributed by atoms with Crippen LogP contribution in [0.2, 0.25) is 0 Å². The molecule has 21 heavy (non-hydrogen) atoms. The summed E-state index contributed by atoms with van der Waals surface area (Å²) in [6, 6.07) is 10.3. The molecule has 0 radical (unpaired) electrons. The summed E-state index contributed by atoms with van der Waals surface area (Å²) in [7, 11) is 0. The zero-order valence-electron chi connectivity index (χ0n) is 12.2. The van der Waals surface area contributed by atoms with Gasteiger partial charge in [-0.3, -0.25) is 0 Å². The van der Waals surface area contributed by atoms with Gasteiger partial charge in [0.15, 0.2) is 0 Å². The Labute approximate surface area is 129 Å². The number of rotatable bonds is 6. The first kappa shape index (κ1) is 15.3. The standard InChI is InChI=1S/C17H19NO2S/c1-3-18(12-16-5-4-10-21-16)15-8-6-14(13(2)11-15)7-9-17(19)20/h4-11H,3,12H2,1-2H3,(H,19,20). The van der Waals surface area contributed by atoms with Crippen LogP contribution in [0.3, 0.4) is 0 Å². The second-order valence-corrected chi connectivity index (χ2v) is 5.84. The lowest BCUT2D eigenvalue weighted by molar-refractivity contribution is -0.131. The van der Waals surface area contributed by atoms with Crippen LogP contribution in [0.15, 0.2) is 41.8 Å². The molecule has 1 aromatic carbocycles. The number of carboxylic acid groups (broad SMARTS) is 1. The summed E-state index contributed by atoms with van der Waals surface area (Å²) in [4.78, 5) is 14.2. The Morgan fingerprint density at radius 3 is 2.76 bits per heavy atom. The van der Waals surface area contributed by atoms with Gasteiger partial charge in [0, 0.05) is 23.2 Å². The number of carbonyl (C=O) groups is 1. The molecular formula is C17H19NO2S. The SMILES string of the molecule is CCN(Cc1cccs1)c1ccc(C=CC(=O)O)c(C)c1. The van der Waals surface area contributed by atoms with Crippen LogP contribution in [0.5, 0.6) is 0 Å². The van der Waals surface area contributed by atoms with Gasteiger partial charge in [0.1, 0.15) is 0 Å². The van der Waals surface area contributed by atoms with E-state index in [0.29, 0.717) is 0 Å². The summed E-state index contributed by atoms with van der Waals surface area (Å²) >= 11 is 1.76. The van der Waals surface area contributed by atoms with Crippen molar-refractivity contribution in [3.63, 3.8) is 0 Å². The van der Waals surface area contributed by atoms with Crippen LogP contribution in [0, 0.1) is 6.92 Å². The summed E-state index contributed by atoms with van der Waals surface area (Å²) in [6.07, 6.45) is 2.81. The van der Waals surface area contributed by atoms with Crippen molar-refractivity contribution < 1.29 is 9.90 Å². The number of aryl methyl sites for hydroxylation is 1. The van der Waals surface area contributed by atoms with Crippen LogP contribution in [0.1, 0.15) is 22.9 Å². The molecule has 2 rings (SSSR count). The van der Waals surface area contributed by atoms with Crippen molar-refractivity contribution in [3.8, 4) is 0 Å². The topological polar surface area (TPSA) is 40.5 Å². The number of hydrogen-bond donors (Lipinski definition) is 1. The van der Waals surface area contributed by atoms with Gasteiger partial charge in [-0.25, -0.2) is 4.79 Å². The van der Waals surface area contributed by atoms with E-state index in [0.717, 1.165) is 29.9 Å². The van der Waals surface area contributed by atoms with Gasteiger partial charge in [-0.05, 0) is 54.6 Å². The third kappa shape index (κ3) is 4.20.